The maximum Gasteiger partial charge on any atom is 0.241 e. The Morgan fingerprint density at radius 3 is 2.58 bits per heavy atom. The van der Waals surface area contributed by atoms with Gasteiger partial charge in [-0.15, -0.1) is 0 Å². The number of rotatable bonds is 5. The zero-order chi connectivity index (χ0) is 21.6. The van der Waals surface area contributed by atoms with Gasteiger partial charge in [0.05, 0.1) is 23.0 Å². The van der Waals surface area contributed by atoms with E-state index in [2.05, 4.69) is 20.8 Å². The molecule has 31 heavy (non-hydrogen) atoms. The van der Waals surface area contributed by atoms with E-state index in [0.717, 1.165) is 19.3 Å². The Balaban J connectivity index is 1.49. The number of hydrogen-bond acceptors (Lipinski definition) is 5. The summed E-state index contributed by atoms with van der Waals surface area (Å²) in [6.45, 7) is 0. The lowest BCUT2D eigenvalue weighted by atomic mass is 10.0. The number of nitrogens with two attached hydrogens (primary N) is 1. The average molecular weight is 437 g/mol. The molecule has 158 valence electrons. The highest BCUT2D eigenvalue weighted by atomic mass is 32.2. The zero-order valence-electron chi connectivity index (χ0n) is 16.6. The first kappa shape index (κ1) is 19.8. The van der Waals surface area contributed by atoms with Gasteiger partial charge in [0.15, 0.2) is 0 Å². The van der Waals surface area contributed by atoms with Crippen molar-refractivity contribution in [3.8, 4) is 22.4 Å². The fourth-order valence-electron chi connectivity index (χ4n) is 4.45. The summed E-state index contributed by atoms with van der Waals surface area (Å²) in [7, 11) is -3.77. The van der Waals surface area contributed by atoms with Gasteiger partial charge in [-0.3, -0.25) is 4.98 Å². The molecule has 1 aromatic heterocycles. The number of nitrogens with zero attached hydrogens (tertiary/aromatic N) is 2. The predicted octanol–water partition coefficient (Wildman–Crippen LogP) is 3.92. The van der Waals surface area contributed by atoms with E-state index in [9.17, 15) is 12.8 Å². The second-order valence-corrected chi connectivity index (χ2v) is 9.69. The van der Waals surface area contributed by atoms with E-state index >= 15 is 0 Å². The molecular formula is C23H21FN4O2S. The van der Waals surface area contributed by atoms with Crippen molar-refractivity contribution < 1.29 is 12.8 Å². The van der Waals surface area contributed by atoms with Gasteiger partial charge in [-0.1, -0.05) is 35.9 Å². The SMILES string of the molecule is Nc1cnc(-c2ccc(-c3ccccc3S(=O)(=O)NC3CC4CC=C3C4)cc2F)cn1. The van der Waals surface area contributed by atoms with Gasteiger partial charge >= 0.3 is 0 Å². The Bertz CT molecular complexity index is 1290. The van der Waals surface area contributed by atoms with E-state index in [0.29, 0.717) is 22.7 Å². The van der Waals surface area contributed by atoms with Crippen molar-refractivity contribution in [1.82, 2.24) is 14.7 Å². The molecular weight excluding hydrogens is 415 g/mol. The molecule has 2 aromatic carbocycles. The minimum atomic E-state index is -3.77. The molecule has 1 heterocycles. The average Bonchev–Trinajstić information content (AvgIpc) is 3.37. The van der Waals surface area contributed by atoms with Gasteiger partial charge in [0.25, 0.3) is 0 Å². The molecule has 0 amide bonds. The van der Waals surface area contributed by atoms with Gasteiger partial charge in [0.2, 0.25) is 10.0 Å². The summed E-state index contributed by atoms with van der Waals surface area (Å²) in [6.07, 6.45) is 7.74. The normalized spacial score (nSPS) is 20.1. The van der Waals surface area contributed by atoms with E-state index < -0.39 is 15.8 Å². The molecule has 1 fully saturated rings. The Morgan fingerprint density at radius 1 is 1.06 bits per heavy atom. The second-order valence-electron chi connectivity index (χ2n) is 8.01. The summed E-state index contributed by atoms with van der Waals surface area (Å²) < 4.78 is 44.2. The van der Waals surface area contributed by atoms with Crippen LogP contribution < -0.4 is 10.5 Å². The number of hydrogen-bond donors (Lipinski definition) is 2. The standard InChI is InChI=1S/C23H21FN4O2S/c24-19-11-15(7-8-18(19)21-12-27-23(25)13-26-21)17-3-1-2-4-22(17)31(29,30)28-20-10-14-5-6-16(20)9-14/h1-4,6-8,11-14,20,28H,5,9-10H2,(H2,25,27). The highest BCUT2D eigenvalue weighted by molar-refractivity contribution is 7.89. The maximum absolute atomic E-state index is 14.9. The van der Waals surface area contributed by atoms with Crippen LogP contribution in [-0.2, 0) is 10.0 Å². The van der Waals surface area contributed by atoms with Crippen LogP contribution in [0.25, 0.3) is 22.4 Å². The Morgan fingerprint density at radius 2 is 1.90 bits per heavy atom. The van der Waals surface area contributed by atoms with E-state index in [4.69, 9.17) is 5.73 Å². The summed E-state index contributed by atoms with van der Waals surface area (Å²) in [5.41, 5.74) is 8.25. The van der Waals surface area contributed by atoms with E-state index in [1.165, 1.54) is 24.0 Å². The van der Waals surface area contributed by atoms with Crippen molar-refractivity contribution in [2.45, 2.75) is 30.2 Å². The largest absolute Gasteiger partial charge is 0.382 e. The van der Waals surface area contributed by atoms with Gasteiger partial charge in [-0.2, -0.15) is 0 Å². The lowest BCUT2D eigenvalue weighted by Gasteiger charge is -2.19. The fourth-order valence-corrected chi connectivity index (χ4v) is 5.93. The molecule has 2 unspecified atom stereocenters. The van der Waals surface area contributed by atoms with Crippen LogP contribution in [0.3, 0.4) is 0 Å². The van der Waals surface area contributed by atoms with Gasteiger partial charge in [-0.25, -0.2) is 22.5 Å². The van der Waals surface area contributed by atoms with Crippen molar-refractivity contribution in [2.24, 2.45) is 5.92 Å². The molecule has 2 aliphatic carbocycles. The van der Waals surface area contributed by atoms with Crippen LogP contribution >= 0.6 is 0 Å². The van der Waals surface area contributed by atoms with Crippen molar-refractivity contribution in [1.29, 1.82) is 0 Å². The van der Waals surface area contributed by atoms with Crippen molar-refractivity contribution in [2.75, 3.05) is 5.73 Å². The number of halogens is 1. The predicted molar refractivity (Wildman–Crippen MR) is 117 cm³/mol. The number of anilines is 1. The summed E-state index contributed by atoms with van der Waals surface area (Å²) >= 11 is 0. The summed E-state index contributed by atoms with van der Waals surface area (Å²) in [5.74, 6) is 0.268. The lowest BCUT2D eigenvalue weighted by molar-refractivity contribution is 0.516. The van der Waals surface area contributed by atoms with Gasteiger partial charge in [0, 0.05) is 17.2 Å². The fraction of sp³-hybridized carbons (Fsp3) is 0.217. The second kappa shape index (κ2) is 7.55. The van der Waals surface area contributed by atoms with Crippen LogP contribution in [0.2, 0.25) is 0 Å². The van der Waals surface area contributed by atoms with Crippen LogP contribution in [0, 0.1) is 11.7 Å². The molecule has 0 aliphatic heterocycles. The van der Waals surface area contributed by atoms with Crippen LogP contribution in [0.15, 0.2) is 71.4 Å². The summed E-state index contributed by atoms with van der Waals surface area (Å²) in [6, 6.07) is 11.1. The van der Waals surface area contributed by atoms with Crippen molar-refractivity contribution in [3.63, 3.8) is 0 Å². The third-order valence-corrected chi connectivity index (χ3v) is 7.49. The minimum Gasteiger partial charge on any atom is -0.382 e. The molecule has 2 bridgehead atoms. The van der Waals surface area contributed by atoms with Gasteiger partial charge in [0.1, 0.15) is 11.6 Å². The third-order valence-electron chi connectivity index (χ3n) is 5.96. The Hall–Kier alpha value is -3.10. The number of benzene rings is 2. The third kappa shape index (κ3) is 3.73. The molecule has 0 radical (unpaired) electrons. The van der Waals surface area contributed by atoms with E-state index in [1.54, 1.807) is 36.4 Å². The van der Waals surface area contributed by atoms with Gasteiger partial charge < -0.3 is 5.73 Å². The molecule has 0 spiro atoms. The summed E-state index contributed by atoms with van der Waals surface area (Å²) in [5, 5.41) is 0. The van der Waals surface area contributed by atoms with Crippen LogP contribution in [0.1, 0.15) is 19.3 Å². The molecule has 0 saturated heterocycles. The van der Waals surface area contributed by atoms with Crippen LogP contribution in [0.5, 0.6) is 0 Å². The zero-order valence-corrected chi connectivity index (χ0v) is 17.4. The molecule has 3 N–H and O–H groups in total. The number of nitrogen functional groups attached to an aromatic ring is 1. The van der Waals surface area contributed by atoms with Crippen molar-refractivity contribution >= 4 is 15.8 Å². The highest BCUT2D eigenvalue weighted by Gasteiger charge is 2.36. The number of nitrogens with one attached hydrogen (secondary N) is 1. The number of sulfonamides is 1. The topological polar surface area (TPSA) is 98.0 Å². The highest BCUT2D eigenvalue weighted by Crippen LogP contribution is 2.40. The first-order valence-corrected chi connectivity index (χ1v) is 11.6. The first-order valence-electron chi connectivity index (χ1n) is 10.1. The Labute approximate surface area is 180 Å². The summed E-state index contributed by atoms with van der Waals surface area (Å²) in [4.78, 5) is 8.19. The molecule has 6 nitrogen and oxygen atoms in total. The number of aromatic nitrogens is 2. The van der Waals surface area contributed by atoms with Crippen molar-refractivity contribution in [3.05, 3.63) is 72.3 Å². The molecule has 2 atom stereocenters. The smallest absolute Gasteiger partial charge is 0.241 e. The Kier molecular flexibility index (Phi) is 4.83. The van der Waals surface area contributed by atoms with E-state index in [-0.39, 0.29) is 22.3 Å². The lowest BCUT2D eigenvalue weighted by Crippen LogP contribution is -2.35. The van der Waals surface area contributed by atoms with Crippen LogP contribution in [-0.4, -0.2) is 24.4 Å². The first-order chi connectivity index (χ1) is 14.9. The molecule has 3 aromatic rings. The van der Waals surface area contributed by atoms with E-state index in [1.807, 2.05) is 0 Å². The molecule has 1 saturated carbocycles. The number of fused-ring (bicyclic) bond motifs is 2. The monoisotopic (exact) mass is 436 g/mol. The molecule has 2 aliphatic rings. The number of allylic oxidation sites excluding steroid dienone is 1. The molecule has 5 rings (SSSR count). The van der Waals surface area contributed by atoms with Crippen LogP contribution in [0.4, 0.5) is 10.2 Å². The molecule has 8 heteroatoms. The minimum absolute atomic E-state index is 0.137. The maximum atomic E-state index is 14.9. The quantitative estimate of drug-likeness (QED) is 0.591. The van der Waals surface area contributed by atoms with Gasteiger partial charge in [-0.05, 0) is 48.9 Å².